The lowest BCUT2D eigenvalue weighted by atomic mass is 9.85. The minimum atomic E-state index is -0.806. The number of nitrogens with zero attached hydrogens (tertiary/aromatic N) is 2. The number of methoxy groups -OCH3 is 2. The highest BCUT2D eigenvalue weighted by atomic mass is 16.5. The van der Waals surface area contributed by atoms with Crippen molar-refractivity contribution in [3.8, 4) is 11.5 Å². The molecule has 36 heavy (non-hydrogen) atoms. The van der Waals surface area contributed by atoms with Gasteiger partial charge in [0.05, 0.1) is 31.4 Å². The molecule has 1 fully saturated rings. The van der Waals surface area contributed by atoms with Gasteiger partial charge in [-0.25, -0.2) is 0 Å². The lowest BCUT2D eigenvalue weighted by Gasteiger charge is -2.26. The Morgan fingerprint density at radius 1 is 1.03 bits per heavy atom. The molecule has 3 aromatic rings. The fraction of sp³-hybridized carbons (Fsp3) is 0.276. The number of pyridine rings is 1. The number of aromatic nitrogens is 1. The second-order valence-electron chi connectivity index (χ2n) is 9.73. The summed E-state index contributed by atoms with van der Waals surface area (Å²) >= 11 is 0. The third kappa shape index (κ3) is 4.69. The second-order valence-corrected chi connectivity index (χ2v) is 9.73. The topological polar surface area (TPSA) is 89.0 Å². The number of ketones is 1. The molecule has 186 valence electrons. The molecule has 1 saturated heterocycles. The van der Waals surface area contributed by atoms with Gasteiger partial charge in [-0.3, -0.25) is 14.6 Å². The van der Waals surface area contributed by atoms with Crippen LogP contribution >= 0.6 is 0 Å². The number of ether oxygens (including phenoxy) is 2. The van der Waals surface area contributed by atoms with Gasteiger partial charge < -0.3 is 19.5 Å². The van der Waals surface area contributed by atoms with Gasteiger partial charge in [-0.1, -0.05) is 45.0 Å². The zero-order chi connectivity index (χ0) is 26.0. The van der Waals surface area contributed by atoms with Crippen molar-refractivity contribution in [3.05, 3.63) is 94.8 Å². The molecule has 0 bridgehead atoms. The van der Waals surface area contributed by atoms with Gasteiger partial charge in [0.15, 0.2) is 0 Å². The minimum absolute atomic E-state index is 0.0124. The molecule has 1 aromatic heterocycles. The van der Waals surface area contributed by atoms with Gasteiger partial charge in [-0.2, -0.15) is 0 Å². The fourth-order valence-corrected chi connectivity index (χ4v) is 4.37. The molecule has 1 N–H and O–H groups in total. The molecule has 0 aliphatic carbocycles. The lowest BCUT2D eigenvalue weighted by Crippen LogP contribution is -2.29. The molecule has 0 radical (unpaired) electrons. The summed E-state index contributed by atoms with van der Waals surface area (Å²) in [6.45, 7) is 6.33. The van der Waals surface area contributed by atoms with Crippen molar-refractivity contribution in [3.63, 3.8) is 0 Å². The second kappa shape index (κ2) is 9.85. The summed E-state index contributed by atoms with van der Waals surface area (Å²) in [7, 11) is 3.07. The molecule has 0 saturated carbocycles. The highest BCUT2D eigenvalue weighted by Gasteiger charge is 2.46. The van der Waals surface area contributed by atoms with Gasteiger partial charge in [0.25, 0.3) is 11.7 Å². The number of hydrogen-bond acceptors (Lipinski definition) is 6. The van der Waals surface area contributed by atoms with E-state index in [0.717, 1.165) is 11.1 Å². The standard InChI is InChI=1S/C29H30N2O5/c1-29(2,3)20-10-13-23(36-5)22(15-20)26(32)24-25(19-8-11-21(35-4)12-9-19)31(28(34)27(24)33)17-18-7-6-14-30-16-18/h6-16,25,32H,17H2,1-5H3/b26-24+. The highest BCUT2D eigenvalue weighted by molar-refractivity contribution is 6.46. The summed E-state index contributed by atoms with van der Waals surface area (Å²) in [5.74, 6) is -0.659. The monoisotopic (exact) mass is 486 g/mol. The number of amides is 1. The van der Waals surface area contributed by atoms with Crippen LogP contribution in [0.4, 0.5) is 0 Å². The Balaban J connectivity index is 1.92. The van der Waals surface area contributed by atoms with Gasteiger partial charge in [0, 0.05) is 18.9 Å². The number of benzene rings is 2. The van der Waals surface area contributed by atoms with Gasteiger partial charge in [0.1, 0.15) is 17.3 Å². The molecule has 0 spiro atoms. The first-order valence-electron chi connectivity index (χ1n) is 11.7. The molecule has 1 unspecified atom stereocenters. The summed E-state index contributed by atoms with van der Waals surface area (Å²) in [6, 6.07) is 15.4. The Bertz CT molecular complexity index is 1310. The highest BCUT2D eigenvalue weighted by Crippen LogP contribution is 2.42. The number of hydrogen-bond donors (Lipinski definition) is 1. The van der Waals surface area contributed by atoms with Gasteiger partial charge in [-0.05, 0) is 52.4 Å². The number of likely N-dealkylation sites (tertiary alicyclic amines) is 1. The molecule has 7 heteroatoms. The van der Waals surface area contributed by atoms with Crippen LogP contribution in [0.25, 0.3) is 5.76 Å². The van der Waals surface area contributed by atoms with E-state index in [1.54, 1.807) is 55.9 Å². The molecule has 2 heterocycles. The molecule has 4 rings (SSSR count). The van der Waals surface area contributed by atoms with Crippen LogP contribution in [0, 0.1) is 0 Å². The SMILES string of the molecule is COc1ccc(C2/C(=C(\O)c3cc(C(C)(C)C)ccc3OC)C(=O)C(=O)N2Cc2cccnc2)cc1. The smallest absolute Gasteiger partial charge is 0.295 e. The number of rotatable bonds is 6. The normalized spacial score (nSPS) is 17.4. The van der Waals surface area contributed by atoms with Crippen molar-refractivity contribution in [2.24, 2.45) is 0 Å². The van der Waals surface area contributed by atoms with E-state index in [-0.39, 0.29) is 23.3 Å². The molecular weight excluding hydrogens is 456 g/mol. The van der Waals surface area contributed by atoms with Crippen LogP contribution in [0.3, 0.4) is 0 Å². The van der Waals surface area contributed by atoms with Gasteiger partial charge in [-0.15, -0.1) is 0 Å². The molecule has 1 aliphatic heterocycles. The summed E-state index contributed by atoms with van der Waals surface area (Å²) in [5, 5.41) is 11.6. The zero-order valence-electron chi connectivity index (χ0n) is 21.1. The van der Waals surface area contributed by atoms with Gasteiger partial charge >= 0.3 is 0 Å². The quantitative estimate of drug-likeness (QED) is 0.299. The average molecular weight is 487 g/mol. The minimum Gasteiger partial charge on any atom is -0.507 e. The Labute approximate surface area is 211 Å². The summed E-state index contributed by atoms with van der Waals surface area (Å²) < 4.78 is 10.8. The lowest BCUT2D eigenvalue weighted by molar-refractivity contribution is -0.140. The molecule has 1 atom stereocenters. The van der Waals surface area contributed by atoms with Gasteiger partial charge in [0.2, 0.25) is 0 Å². The third-order valence-electron chi connectivity index (χ3n) is 6.37. The predicted octanol–water partition coefficient (Wildman–Crippen LogP) is 5.02. The molecule has 1 amide bonds. The molecule has 1 aliphatic rings. The number of carbonyl (C=O) groups is 2. The van der Waals surface area contributed by atoms with Crippen LogP contribution in [0.5, 0.6) is 11.5 Å². The molecule has 7 nitrogen and oxygen atoms in total. The first-order chi connectivity index (χ1) is 17.2. The van der Waals surface area contributed by atoms with E-state index < -0.39 is 17.7 Å². The van der Waals surface area contributed by atoms with E-state index in [4.69, 9.17) is 9.47 Å². The van der Waals surface area contributed by atoms with Crippen molar-refractivity contribution in [1.82, 2.24) is 9.88 Å². The van der Waals surface area contributed by atoms with E-state index in [1.807, 2.05) is 18.2 Å². The molecule has 2 aromatic carbocycles. The summed E-state index contributed by atoms with van der Waals surface area (Å²) in [5.41, 5.74) is 2.57. The summed E-state index contributed by atoms with van der Waals surface area (Å²) in [4.78, 5) is 32.3. The van der Waals surface area contributed by atoms with Crippen molar-refractivity contribution in [2.75, 3.05) is 14.2 Å². The van der Waals surface area contributed by atoms with Crippen LogP contribution < -0.4 is 9.47 Å². The van der Waals surface area contributed by atoms with E-state index >= 15 is 0 Å². The third-order valence-corrected chi connectivity index (χ3v) is 6.37. The Morgan fingerprint density at radius 3 is 2.33 bits per heavy atom. The maximum Gasteiger partial charge on any atom is 0.295 e. The fourth-order valence-electron chi connectivity index (χ4n) is 4.37. The predicted molar refractivity (Wildman–Crippen MR) is 137 cm³/mol. The Hall–Kier alpha value is -4.13. The summed E-state index contributed by atoms with van der Waals surface area (Å²) in [6.07, 6.45) is 3.30. The van der Waals surface area contributed by atoms with Crippen molar-refractivity contribution in [1.29, 1.82) is 0 Å². The first-order valence-corrected chi connectivity index (χ1v) is 11.7. The van der Waals surface area contributed by atoms with Crippen molar-refractivity contribution in [2.45, 2.75) is 38.8 Å². The zero-order valence-corrected chi connectivity index (χ0v) is 21.1. The molecular formula is C29H30N2O5. The number of aliphatic hydroxyl groups is 1. The first kappa shape index (κ1) is 25.0. The maximum absolute atomic E-state index is 13.4. The largest absolute Gasteiger partial charge is 0.507 e. The Morgan fingerprint density at radius 2 is 1.75 bits per heavy atom. The van der Waals surface area contributed by atoms with Crippen LogP contribution in [0.2, 0.25) is 0 Å². The van der Waals surface area contributed by atoms with Crippen LogP contribution in [0.15, 0.2) is 72.6 Å². The number of Topliss-reactive ketones (excluding diaryl/α,β-unsaturated/α-hetero) is 1. The number of carbonyl (C=O) groups excluding carboxylic acids is 2. The van der Waals surface area contributed by atoms with Crippen LogP contribution in [-0.4, -0.2) is 40.9 Å². The van der Waals surface area contributed by atoms with Crippen molar-refractivity contribution >= 4 is 17.4 Å². The van der Waals surface area contributed by atoms with E-state index in [0.29, 0.717) is 22.6 Å². The van der Waals surface area contributed by atoms with Crippen LogP contribution in [0.1, 0.15) is 49.1 Å². The van der Waals surface area contributed by atoms with E-state index in [9.17, 15) is 14.7 Å². The Kier molecular flexibility index (Phi) is 6.84. The van der Waals surface area contributed by atoms with Crippen LogP contribution in [-0.2, 0) is 21.5 Å². The average Bonchev–Trinajstić information content (AvgIpc) is 3.13. The maximum atomic E-state index is 13.4. The van der Waals surface area contributed by atoms with E-state index in [1.165, 1.54) is 12.0 Å². The number of aliphatic hydroxyl groups excluding tert-OH is 1. The van der Waals surface area contributed by atoms with Crippen molar-refractivity contribution < 1.29 is 24.2 Å². The van der Waals surface area contributed by atoms with E-state index in [2.05, 4.69) is 25.8 Å².